The predicted octanol–water partition coefficient (Wildman–Crippen LogP) is 2.26. The van der Waals surface area contributed by atoms with Gasteiger partial charge < -0.3 is 10.5 Å². The van der Waals surface area contributed by atoms with Crippen molar-refractivity contribution in [2.75, 3.05) is 12.8 Å². The lowest BCUT2D eigenvalue weighted by Crippen LogP contribution is -2.06. The molecule has 3 rings (SSSR count). The van der Waals surface area contributed by atoms with Crippen LogP contribution >= 0.6 is 11.6 Å². The van der Waals surface area contributed by atoms with E-state index in [9.17, 15) is 0 Å². The summed E-state index contributed by atoms with van der Waals surface area (Å²) in [5.74, 6) is 0.937. The SMILES string of the molecule is COCc1nc(N)n(Cc2ccc3ncc(Cl)cc3c2)n1. The average molecular weight is 304 g/mol. The lowest BCUT2D eigenvalue weighted by Gasteiger charge is -2.05. The second-order valence-corrected chi connectivity index (χ2v) is 5.09. The van der Waals surface area contributed by atoms with Gasteiger partial charge in [-0.25, -0.2) is 4.68 Å². The van der Waals surface area contributed by atoms with E-state index in [1.165, 1.54) is 0 Å². The minimum atomic E-state index is 0.342. The van der Waals surface area contributed by atoms with Gasteiger partial charge in [0.15, 0.2) is 5.82 Å². The second-order valence-electron chi connectivity index (χ2n) is 4.66. The van der Waals surface area contributed by atoms with Crippen molar-refractivity contribution in [3.63, 3.8) is 0 Å². The standard InChI is InChI=1S/C14H14ClN5O/c1-21-8-13-18-14(16)20(19-13)7-9-2-3-12-10(4-9)5-11(15)6-17-12/h2-6H,7-8H2,1H3,(H2,16,18,19). The van der Waals surface area contributed by atoms with Crippen LogP contribution in [-0.4, -0.2) is 26.9 Å². The minimum Gasteiger partial charge on any atom is -0.377 e. The Balaban J connectivity index is 1.90. The lowest BCUT2D eigenvalue weighted by atomic mass is 10.1. The molecular formula is C14H14ClN5O. The largest absolute Gasteiger partial charge is 0.377 e. The summed E-state index contributed by atoms with van der Waals surface area (Å²) in [7, 11) is 1.59. The van der Waals surface area contributed by atoms with Crippen LogP contribution in [0.15, 0.2) is 30.5 Å². The molecule has 0 aliphatic rings. The van der Waals surface area contributed by atoms with Gasteiger partial charge in [0.25, 0.3) is 0 Å². The maximum atomic E-state index is 5.97. The monoisotopic (exact) mass is 303 g/mol. The minimum absolute atomic E-state index is 0.342. The van der Waals surface area contributed by atoms with Crippen LogP contribution in [0.2, 0.25) is 5.02 Å². The highest BCUT2D eigenvalue weighted by Gasteiger charge is 2.08. The van der Waals surface area contributed by atoms with Crippen LogP contribution in [0.3, 0.4) is 0 Å². The second kappa shape index (κ2) is 5.67. The molecule has 0 unspecified atom stereocenters. The van der Waals surface area contributed by atoms with Gasteiger partial charge in [-0.2, -0.15) is 10.1 Å². The molecule has 2 aromatic heterocycles. The van der Waals surface area contributed by atoms with Crippen molar-refractivity contribution in [2.24, 2.45) is 0 Å². The molecule has 0 radical (unpaired) electrons. The third kappa shape index (κ3) is 2.96. The maximum absolute atomic E-state index is 5.97. The first-order chi connectivity index (χ1) is 10.2. The van der Waals surface area contributed by atoms with E-state index in [0.29, 0.717) is 29.9 Å². The fourth-order valence-electron chi connectivity index (χ4n) is 2.13. The molecular weight excluding hydrogens is 290 g/mol. The molecule has 0 bridgehead atoms. The van der Waals surface area contributed by atoms with E-state index >= 15 is 0 Å². The number of hydrogen-bond acceptors (Lipinski definition) is 5. The molecule has 6 nitrogen and oxygen atoms in total. The van der Waals surface area contributed by atoms with E-state index in [4.69, 9.17) is 22.1 Å². The van der Waals surface area contributed by atoms with Crippen molar-refractivity contribution in [3.8, 4) is 0 Å². The molecule has 0 aliphatic heterocycles. The van der Waals surface area contributed by atoms with Crippen molar-refractivity contribution in [1.82, 2.24) is 19.7 Å². The molecule has 108 valence electrons. The summed E-state index contributed by atoms with van der Waals surface area (Å²) >= 11 is 5.97. The van der Waals surface area contributed by atoms with E-state index in [0.717, 1.165) is 16.5 Å². The van der Waals surface area contributed by atoms with Crippen molar-refractivity contribution in [1.29, 1.82) is 0 Å². The van der Waals surface area contributed by atoms with Crippen molar-refractivity contribution >= 4 is 28.5 Å². The Labute approximate surface area is 126 Å². The Morgan fingerprint density at radius 1 is 1.33 bits per heavy atom. The molecule has 0 spiro atoms. The summed E-state index contributed by atoms with van der Waals surface area (Å²) in [6.07, 6.45) is 1.63. The molecule has 0 saturated heterocycles. The number of aromatic nitrogens is 4. The molecule has 7 heteroatoms. The zero-order valence-corrected chi connectivity index (χ0v) is 12.2. The van der Waals surface area contributed by atoms with E-state index < -0.39 is 0 Å². The number of fused-ring (bicyclic) bond motifs is 1. The topological polar surface area (TPSA) is 78.9 Å². The van der Waals surface area contributed by atoms with Gasteiger partial charge in [-0.05, 0) is 23.8 Å². The number of ether oxygens (including phenoxy) is 1. The van der Waals surface area contributed by atoms with Gasteiger partial charge in [0, 0.05) is 18.7 Å². The molecule has 1 aromatic carbocycles. The van der Waals surface area contributed by atoms with Gasteiger partial charge in [0.2, 0.25) is 5.95 Å². The highest BCUT2D eigenvalue weighted by atomic mass is 35.5. The number of nitrogens with zero attached hydrogens (tertiary/aromatic N) is 4. The Kier molecular flexibility index (Phi) is 3.72. The fourth-order valence-corrected chi connectivity index (χ4v) is 2.30. The number of pyridine rings is 1. The van der Waals surface area contributed by atoms with Crippen LogP contribution < -0.4 is 5.73 Å². The Hall–Kier alpha value is -2.18. The first-order valence-corrected chi connectivity index (χ1v) is 6.76. The third-order valence-corrected chi connectivity index (χ3v) is 3.27. The Morgan fingerprint density at radius 3 is 3.00 bits per heavy atom. The number of anilines is 1. The van der Waals surface area contributed by atoms with Crippen molar-refractivity contribution in [2.45, 2.75) is 13.2 Å². The molecule has 3 aromatic rings. The van der Waals surface area contributed by atoms with Crippen LogP contribution in [-0.2, 0) is 17.9 Å². The maximum Gasteiger partial charge on any atom is 0.219 e. The number of benzene rings is 1. The smallest absolute Gasteiger partial charge is 0.219 e. The van der Waals surface area contributed by atoms with Gasteiger partial charge in [0.05, 0.1) is 17.1 Å². The first-order valence-electron chi connectivity index (χ1n) is 6.38. The molecule has 2 heterocycles. The normalized spacial score (nSPS) is 11.1. The molecule has 0 fully saturated rings. The summed E-state index contributed by atoms with van der Waals surface area (Å²) in [5.41, 5.74) is 7.80. The Morgan fingerprint density at radius 2 is 2.19 bits per heavy atom. The number of hydrogen-bond donors (Lipinski definition) is 1. The fraction of sp³-hybridized carbons (Fsp3) is 0.214. The van der Waals surface area contributed by atoms with E-state index in [1.54, 1.807) is 18.0 Å². The predicted molar refractivity (Wildman–Crippen MR) is 81.0 cm³/mol. The number of methoxy groups -OCH3 is 1. The summed E-state index contributed by atoms with van der Waals surface area (Å²) in [4.78, 5) is 8.41. The highest BCUT2D eigenvalue weighted by molar-refractivity contribution is 6.31. The molecule has 0 atom stereocenters. The summed E-state index contributed by atoms with van der Waals surface area (Å²) in [6.45, 7) is 0.874. The average Bonchev–Trinajstić information content (AvgIpc) is 2.79. The number of halogens is 1. The van der Waals surface area contributed by atoms with Crippen LogP contribution in [0.25, 0.3) is 10.9 Å². The highest BCUT2D eigenvalue weighted by Crippen LogP contribution is 2.19. The lowest BCUT2D eigenvalue weighted by molar-refractivity contribution is 0.177. The molecule has 0 aliphatic carbocycles. The molecule has 0 amide bonds. The zero-order chi connectivity index (χ0) is 14.8. The first kappa shape index (κ1) is 13.8. The molecule has 0 saturated carbocycles. The Bertz CT molecular complexity index is 786. The van der Waals surface area contributed by atoms with Crippen LogP contribution in [0, 0.1) is 0 Å². The van der Waals surface area contributed by atoms with Crippen molar-refractivity contribution < 1.29 is 4.74 Å². The molecule has 2 N–H and O–H groups in total. The van der Waals surface area contributed by atoms with Gasteiger partial charge in [-0.1, -0.05) is 17.7 Å². The quantitative estimate of drug-likeness (QED) is 0.800. The summed E-state index contributed by atoms with van der Waals surface area (Å²) in [6, 6.07) is 7.84. The summed E-state index contributed by atoms with van der Waals surface area (Å²) in [5, 5.41) is 5.90. The third-order valence-electron chi connectivity index (χ3n) is 3.06. The molecule has 21 heavy (non-hydrogen) atoms. The van der Waals surface area contributed by atoms with E-state index in [2.05, 4.69) is 15.1 Å². The van der Waals surface area contributed by atoms with Crippen LogP contribution in [0.4, 0.5) is 5.95 Å². The van der Waals surface area contributed by atoms with Gasteiger partial charge in [-0.3, -0.25) is 4.98 Å². The van der Waals surface area contributed by atoms with E-state index in [1.807, 2.05) is 24.3 Å². The number of nitrogens with two attached hydrogens (primary N) is 1. The summed E-state index contributed by atoms with van der Waals surface area (Å²) < 4.78 is 6.65. The van der Waals surface area contributed by atoms with Gasteiger partial charge in [-0.15, -0.1) is 0 Å². The number of rotatable bonds is 4. The van der Waals surface area contributed by atoms with Gasteiger partial charge >= 0.3 is 0 Å². The van der Waals surface area contributed by atoms with Crippen LogP contribution in [0.5, 0.6) is 0 Å². The number of nitrogen functional groups attached to an aromatic ring is 1. The van der Waals surface area contributed by atoms with Crippen LogP contribution in [0.1, 0.15) is 11.4 Å². The van der Waals surface area contributed by atoms with Gasteiger partial charge in [0.1, 0.15) is 6.61 Å². The van der Waals surface area contributed by atoms with E-state index in [-0.39, 0.29) is 0 Å². The van der Waals surface area contributed by atoms with Crippen molar-refractivity contribution in [3.05, 3.63) is 46.9 Å². The zero-order valence-electron chi connectivity index (χ0n) is 11.5.